The Kier molecular flexibility index (Phi) is 7.24. The molecule has 0 fully saturated rings. The van der Waals surface area contributed by atoms with Crippen molar-refractivity contribution in [3.8, 4) is 11.5 Å². The average molecular weight is 439 g/mol. The Bertz CT molecular complexity index is 1080. The molecule has 3 aromatic rings. The second-order valence-electron chi connectivity index (χ2n) is 6.48. The van der Waals surface area contributed by atoms with E-state index in [0.29, 0.717) is 22.1 Å². The number of carbonyl (C=O) groups excluding carboxylic acids is 2. The molecule has 158 valence electrons. The average Bonchev–Trinajstić information content (AvgIpc) is 2.76. The molecule has 0 aliphatic heterocycles. The van der Waals surface area contributed by atoms with Crippen LogP contribution in [0.5, 0.6) is 11.5 Å². The van der Waals surface area contributed by atoms with Crippen LogP contribution in [0.25, 0.3) is 0 Å². The molecule has 3 aromatic carbocycles. The van der Waals surface area contributed by atoms with Gasteiger partial charge < -0.3 is 20.5 Å². The van der Waals surface area contributed by atoms with Gasteiger partial charge in [0.2, 0.25) is 0 Å². The number of carboxylic acids is 1. The number of aliphatic carboxylic acids is 1. The van der Waals surface area contributed by atoms with Gasteiger partial charge in [-0.3, -0.25) is 14.4 Å². The molecule has 7 nitrogen and oxygen atoms in total. The maximum absolute atomic E-state index is 12.7. The summed E-state index contributed by atoms with van der Waals surface area (Å²) in [6.07, 6.45) is -0.217. The molecule has 0 spiro atoms. The minimum absolute atomic E-state index is 0.0447. The molecular formula is C23H19ClN2O5. The minimum atomic E-state index is -1.03. The van der Waals surface area contributed by atoms with E-state index in [1.807, 2.05) is 30.3 Å². The summed E-state index contributed by atoms with van der Waals surface area (Å²) >= 11 is 5.98. The first kappa shape index (κ1) is 21.9. The van der Waals surface area contributed by atoms with E-state index >= 15 is 0 Å². The number of amides is 2. The van der Waals surface area contributed by atoms with E-state index in [-0.39, 0.29) is 24.2 Å². The third kappa shape index (κ3) is 6.32. The van der Waals surface area contributed by atoms with E-state index in [9.17, 15) is 14.4 Å². The molecule has 0 radical (unpaired) electrons. The number of rotatable bonds is 8. The van der Waals surface area contributed by atoms with Gasteiger partial charge in [0.25, 0.3) is 11.8 Å². The minimum Gasteiger partial charge on any atom is -0.481 e. The Morgan fingerprint density at radius 1 is 0.871 bits per heavy atom. The fourth-order valence-corrected chi connectivity index (χ4v) is 2.86. The van der Waals surface area contributed by atoms with Gasteiger partial charge in [-0.15, -0.1) is 0 Å². The van der Waals surface area contributed by atoms with Crippen LogP contribution in [0.4, 0.5) is 5.69 Å². The van der Waals surface area contributed by atoms with Crippen molar-refractivity contribution in [1.82, 2.24) is 5.32 Å². The predicted octanol–water partition coefficient (Wildman–Crippen LogP) is 4.59. The van der Waals surface area contributed by atoms with Crippen LogP contribution in [0, 0.1) is 0 Å². The van der Waals surface area contributed by atoms with Crippen molar-refractivity contribution in [2.75, 3.05) is 11.9 Å². The van der Waals surface area contributed by atoms with Crippen LogP contribution in [0.2, 0.25) is 5.02 Å². The van der Waals surface area contributed by atoms with E-state index in [0.717, 1.165) is 0 Å². The summed E-state index contributed by atoms with van der Waals surface area (Å²) in [6, 6.07) is 20.3. The van der Waals surface area contributed by atoms with E-state index in [1.165, 1.54) is 12.1 Å². The van der Waals surface area contributed by atoms with Gasteiger partial charge in [0.1, 0.15) is 11.5 Å². The van der Waals surface area contributed by atoms with Crippen LogP contribution in [-0.4, -0.2) is 29.4 Å². The first-order valence-corrected chi connectivity index (χ1v) is 9.74. The highest BCUT2D eigenvalue weighted by molar-refractivity contribution is 6.31. The molecule has 0 aliphatic carbocycles. The lowest BCUT2D eigenvalue weighted by molar-refractivity contribution is -0.136. The second kappa shape index (κ2) is 10.3. The van der Waals surface area contributed by atoms with Gasteiger partial charge in [-0.25, -0.2) is 0 Å². The Hall–Kier alpha value is -3.84. The van der Waals surface area contributed by atoms with Crippen molar-refractivity contribution in [2.45, 2.75) is 6.42 Å². The molecule has 0 unspecified atom stereocenters. The van der Waals surface area contributed by atoms with Gasteiger partial charge in [-0.1, -0.05) is 29.8 Å². The van der Waals surface area contributed by atoms with Crippen LogP contribution in [0.1, 0.15) is 27.1 Å². The lowest BCUT2D eigenvalue weighted by atomic mass is 10.1. The number of hydrogen-bond donors (Lipinski definition) is 3. The normalized spacial score (nSPS) is 10.2. The standard InChI is InChI=1S/C23H19ClN2O5/c24-16-8-11-20(19(14-16)23(30)25-13-12-21(27)28)26-22(29)15-6-9-18(10-7-15)31-17-4-2-1-3-5-17/h1-11,14H,12-13H2,(H,25,30)(H,26,29)(H,27,28). The molecule has 0 aromatic heterocycles. The molecule has 0 saturated carbocycles. The summed E-state index contributed by atoms with van der Waals surface area (Å²) in [5.74, 6) is -0.731. The number of halogens is 1. The largest absolute Gasteiger partial charge is 0.481 e. The summed E-state index contributed by atoms with van der Waals surface area (Å²) < 4.78 is 5.71. The van der Waals surface area contributed by atoms with E-state index in [1.54, 1.807) is 30.3 Å². The molecule has 0 heterocycles. The second-order valence-corrected chi connectivity index (χ2v) is 6.92. The lowest BCUT2D eigenvalue weighted by Crippen LogP contribution is -2.27. The van der Waals surface area contributed by atoms with E-state index in [2.05, 4.69) is 10.6 Å². The van der Waals surface area contributed by atoms with Crippen LogP contribution in [0.15, 0.2) is 72.8 Å². The Morgan fingerprint density at radius 3 is 2.23 bits per heavy atom. The first-order chi connectivity index (χ1) is 14.9. The smallest absolute Gasteiger partial charge is 0.305 e. The van der Waals surface area contributed by atoms with Crippen molar-refractivity contribution in [3.63, 3.8) is 0 Å². The molecule has 2 amide bonds. The number of para-hydroxylation sites is 1. The number of hydrogen-bond acceptors (Lipinski definition) is 4. The molecular weight excluding hydrogens is 420 g/mol. The lowest BCUT2D eigenvalue weighted by Gasteiger charge is -2.12. The number of ether oxygens (including phenoxy) is 1. The molecule has 31 heavy (non-hydrogen) atoms. The van der Waals surface area contributed by atoms with Crippen molar-refractivity contribution >= 4 is 35.1 Å². The maximum atomic E-state index is 12.7. The van der Waals surface area contributed by atoms with Gasteiger partial charge in [-0.2, -0.15) is 0 Å². The zero-order valence-corrected chi connectivity index (χ0v) is 17.1. The monoisotopic (exact) mass is 438 g/mol. The van der Waals surface area contributed by atoms with Gasteiger partial charge in [-0.05, 0) is 54.6 Å². The zero-order chi connectivity index (χ0) is 22.2. The third-order valence-corrected chi connectivity index (χ3v) is 4.43. The van der Waals surface area contributed by atoms with Gasteiger partial charge in [0.05, 0.1) is 17.7 Å². The first-order valence-electron chi connectivity index (χ1n) is 9.36. The molecule has 0 saturated heterocycles. The van der Waals surface area contributed by atoms with E-state index < -0.39 is 17.8 Å². The molecule has 3 N–H and O–H groups in total. The Morgan fingerprint density at radius 2 is 1.55 bits per heavy atom. The number of benzene rings is 3. The quantitative estimate of drug-likeness (QED) is 0.477. The number of carbonyl (C=O) groups is 3. The van der Waals surface area contributed by atoms with Gasteiger partial charge in [0.15, 0.2) is 0 Å². The highest BCUT2D eigenvalue weighted by Crippen LogP contribution is 2.23. The fraction of sp³-hybridized carbons (Fsp3) is 0.0870. The van der Waals surface area contributed by atoms with Gasteiger partial charge >= 0.3 is 5.97 Å². The molecule has 0 aliphatic rings. The predicted molar refractivity (Wildman–Crippen MR) is 117 cm³/mol. The SMILES string of the molecule is O=C(O)CCNC(=O)c1cc(Cl)ccc1NC(=O)c1ccc(Oc2ccccc2)cc1. The number of anilines is 1. The van der Waals surface area contributed by atoms with Crippen molar-refractivity contribution < 1.29 is 24.2 Å². The van der Waals surface area contributed by atoms with Crippen LogP contribution in [-0.2, 0) is 4.79 Å². The van der Waals surface area contributed by atoms with Crippen LogP contribution < -0.4 is 15.4 Å². The molecule has 0 atom stereocenters. The number of nitrogens with one attached hydrogen (secondary N) is 2. The fourth-order valence-electron chi connectivity index (χ4n) is 2.68. The summed E-state index contributed by atoms with van der Waals surface area (Å²) in [5, 5.41) is 14.2. The topological polar surface area (TPSA) is 105 Å². The summed E-state index contributed by atoms with van der Waals surface area (Å²) in [6.45, 7) is -0.0447. The van der Waals surface area contributed by atoms with Crippen LogP contribution in [0.3, 0.4) is 0 Å². The summed E-state index contributed by atoms with van der Waals surface area (Å²) in [7, 11) is 0. The summed E-state index contributed by atoms with van der Waals surface area (Å²) in [4.78, 5) is 35.7. The van der Waals surface area contributed by atoms with Crippen molar-refractivity contribution in [1.29, 1.82) is 0 Å². The molecule has 3 rings (SSSR count). The third-order valence-electron chi connectivity index (χ3n) is 4.19. The highest BCUT2D eigenvalue weighted by atomic mass is 35.5. The van der Waals surface area contributed by atoms with Crippen LogP contribution >= 0.6 is 11.6 Å². The van der Waals surface area contributed by atoms with Crippen molar-refractivity contribution in [2.24, 2.45) is 0 Å². The maximum Gasteiger partial charge on any atom is 0.305 e. The van der Waals surface area contributed by atoms with E-state index in [4.69, 9.17) is 21.4 Å². The number of carboxylic acid groups (broad SMARTS) is 1. The van der Waals surface area contributed by atoms with Gasteiger partial charge in [0, 0.05) is 17.1 Å². The Labute approximate surface area is 183 Å². The summed E-state index contributed by atoms with van der Waals surface area (Å²) in [5.41, 5.74) is 0.759. The molecule has 0 bridgehead atoms. The molecule has 8 heteroatoms. The Balaban J connectivity index is 1.69. The highest BCUT2D eigenvalue weighted by Gasteiger charge is 2.15. The van der Waals surface area contributed by atoms with Crippen molar-refractivity contribution in [3.05, 3.63) is 88.9 Å². The zero-order valence-electron chi connectivity index (χ0n) is 16.3.